The number of rotatable bonds is 7. The summed E-state index contributed by atoms with van der Waals surface area (Å²) in [5, 5.41) is 13.9. The van der Waals surface area contributed by atoms with Crippen molar-refractivity contribution in [3.8, 4) is 5.75 Å². The third-order valence-electron chi connectivity index (χ3n) is 4.90. The Morgan fingerprint density at radius 1 is 0.848 bits per heavy atom. The van der Waals surface area contributed by atoms with E-state index >= 15 is 0 Å². The molecule has 168 valence electrons. The van der Waals surface area contributed by atoms with E-state index in [1.807, 2.05) is 32.0 Å². The smallest absolute Gasteiger partial charge is 0.276 e. The molecule has 0 aliphatic carbocycles. The summed E-state index contributed by atoms with van der Waals surface area (Å²) in [7, 11) is 1.75. The SMILES string of the molecule is Cc1ccc(OCn2ccc(C(=O)Nc3ccc(NC(=O)c4ccn(C)n4)cc3)n2)c(C)c1. The summed E-state index contributed by atoms with van der Waals surface area (Å²) in [6.45, 7) is 4.21. The van der Waals surface area contributed by atoms with Crippen LogP contribution in [-0.4, -0.2) is 31.4 Å². The molecule has 0 radical (unpaired) electrons. The van der Waals surface area contributed by atoms with Crippen molar-refractivity contribution in [1.29, 1.82) is 0 Å². The van der Waals surface area contributed by atoms with E-state index in [-0.39, 0.29) is 24.2 Å². The zero-order valence-electron chi connectivity index (χ0n) is 18.6. The average Bonchev–Trinajstić information content (AvgIpc) is 3.44. The third-order valence-corrected chi connectivity index (χ3v) is 4.90. The maximum Gasteiger partial charge on any atom is 0.276 e. The molecule has 9 heteroatoms. The second-order valence-corrected chi connectivity index (χ2v) is 7.64. The first kappa shape index (κ1) is 21.8. The third kappa shape index (κ3) is 5.45. The van der Waals surface area contributed by atoms with Crippen molar-refractivity contribution in [2.24, 2.45) is 7.05 Å². The zero-order valence-corrected chi connectivity index (χ0v) is 18.6. The van der Waals surface area contributed by atoms with Crippen LogP contribution in [0.2, 0.25) is 0 Å². The lowest BCUT2D eigenvalue weighted by atomic mass is 10.1. The Morgan fingerprint density at radius 3 is 2.03 bits per heavy atom. The van der Waals surface area contributed by atoms with E-state index in [9.17, 15) is 9.59 Å². The molecule has 4 aromatic rings. The largest absolute Gasteiger partial charge is 0.471 e. The summed E-state index contributed by atoms with van der Waals surface area (Å²) in [6.07, 6.45) is 3.39. The Kier molecular flexibility index (Phi) is 6.21. The van der Waals surface area contributed by atoms with E-state index in [0.717, 1.165) is 11.3 Å². The second kappa shape index (κ2) is 9.39. The minimum Gasteiger partial charge on any atom is -0.471 e. The van der Waals surface area contributed by atoms with Crippen molar-refractivity contribution in [2.45, 2.75) is 20.6 Å². The standard InChI is InChI=1S/C24H24N6O3/c1-16-4-9-22(17(2)14-16)33-15-30-13-11-21(28-30)24(32)26-19-7-5-18(6-8-19)25-23(31)20-10-12-29(3)27-20/h4-14H,15H2,1-3H3,(H,25,31)(H,26,32). The minimum absolute atomic E-state index is 0.196. The zero-order chi connectivity index (χ0) is 23.4. The Hall–Kier alpha value is -4.40. The van der Waals surface area contributed by atoms with Gasteiger partial charge in [0.15, 0.2) is 18.1 Å². The lowest BCUT2D eigenvalue weighted by Crippen LogP contribution is -2.15. The first-order valence-corrected chi connectivity index (χ1v) is 10.3. The van der Waals surface area contributed by atoms with Crippen molar-refractivity contribution in [3.05, 3.63) is 89.5 Å². The highest BCUT2D eigenvalue weighted by Gasteiger charge is 2.12. The summed E-state index contributed by atoms with van der Waals surface area (Å²) in [5.41, 5.74) is 3.98. The van der Waals surface area contributed by atoms with Gasteiger partial charge in [0, 0.05) is 30.8 Å². The van der Waals surface area contributed by atoms with E-state index in [1.165, 1.54) is 5.56 Å². The van der Waals surface area contributed by atoms with Gasteiger partial charge in [-0.2, -0.15) is 10.2 Å². The second-order valence-electron chi connectivity index (χ2n) is 7.64. The number of hydrogen-bond acceptors (Lipinski definition) is 5. The van der Waals surface area contributed by atoms with E-state index < -0.39 is 0 Å². The Labute approximate surface area is 191 Å². The maximum absolute atomic E-state index is 12.5. The molecule has 0 atom stereocenters. The van der Waals surface area contributed by atoms with Crippen molar-refractivity contribution in [3.63, 3.8) is 0 Å². The van der Waals surface area contributed by atoms with Crippen LogP contribution in [0.1, 0.15) is 32.1 Å². The number of anilines is 2. The molecule has 0 unspecified atom stereocenters. The molecule has 0 aliphatic heterocycles. The molecule has 0 bridgehead atoms. The lowest BCUT2D eigenvalue weighted by molar-refractivity contribution is 0.101. The highest BCUT2D eigenvalue weighted by atomic mass is 16.5. The van der Waals surface area contributed by atoms with E-state index in [0.29, 0.717) is 17.1 Å². The van der Waals surface area contributed by atoms with Crippen LogP contribution in [0, 0.1) is 13.8 Å². The van der Waals surface area contributed by atoms with Crippen molar-refractivity contribution < 1.29 is 14.3 Å². The molecule has 2 aromatic carbocycles. The fourth-order valence-electron chi connectivity index (χ4n) is 3.21. The summed E-state index contributed by atoms with van der Waals surface area (Å²) in [6, 6.07) is 16.0. The van der Waals surface area contributed by atoms with Crippen LogP contribution >= 0.6 is 0 Å². The highest BCUT2D eigenvalue weighted by molar-refractivity contribution is 6.04. The normalized spacial score (nSPS) is 10.6. The number of aryl methyl sites for hydroxylation is 3. The van der Waals surface area contributed by atoms with Gasteiger partial charge in [-0.05, 0) is 61.9 Å². The monoisotopic (exact) mass is 444 g/mol. The summed E-state index contributed by atoms with van der Waals surface area (Å²) < 4.78 is 8.92. The molecular formula is C24H24N6O3. The predicted octanol–water partition coefficient (Wildman–Crippen LogP) is 3.77. The van der Waals surface area contributed by atoms with Gasteiger partial charge in [0.05, 0.1) is 0 Å². The fourth-order valence-corrected chi connectivity index (χ4v) is 3.21. The Bertz CT molecular complexity index is 1290. The number of benzene rings is 2. The highest BCUT2D eigenvalue weighted by Crippen LogP contribution is 2.19. The molecule has 0 spiro atoms. The van der Waals surface area contributed by atoms with Crippen LogP contribution in [0.4, 0.5) is 11.4 Å². The van der Waals surface area contributed by atoms with Crippen molar-refractivity contribution >= 4 is 23.2 Å². The van der Waals surface area contributed by atoms with E-state index in [4.69, 9.17) is 4.74 Å². The van der Waals surface area contributed by atoms with Gasteiger partial charge in [0.1, 0.15) is 5.75 Å². The number of aromatic nitrogens is 4. The average molecular weight is 444 g/mol. The van der Waals surface area contributed by atoms with Crippen LogP contribution < -0.4 is 15.4 Å². The molecule has 0 saturated heterocycles. The van der Waals surface area contributed by atoms with Gasteiger partial charge >= 0.3 is 0 Å². The van der Waals surface area contributed by atoms with Crippen LogP contribution in [0.3, 0.4) is 0 Å². The molecule has 0 fully saturated rings. The number of amides is 2. The summed E-state index contributed by atoms with van der Waals surface area (Å²) >= 11 is 0. The van der Waals surface area contributed by atoms with Crippen LogP contribution in [0.5, 0.6) is 5.75 Å². The molecule has 4 rings (SSSR count). The Morgan fingerprint density at radius 2 is 1.45 bits per heavy atom. The quantitative estimate of drug-likeness (QED) is 0.452. The van der Waals surface area contributed by atoms with Crippen LogP contribution in [0.25, 0.3) is 0 Å². The van der Waals surface area contributed by atoms with Gasteiger partial charge in [-0.1, -0.05) is 17.7 Å². The van der Waals surface area contributed by atoms with Crippen LogP contribution in [0.15, 0.2) is 67.0 Å². The van der Waals surface area contributed by atoms with Gasteiger partial charge < -0.3 is 15.4 Å². The van der Waals surface area contributed by atoms with Crippen molar-refractivity contribution in [1.82, 2.24) is 19.6 Å². The number of nitrogens with one attached hydrogen (secondary N) is 2. The summed E-state index contributed by atoms with van der Waals surface area (Å²) in [5.74, 6) is 0.129. The predicted molar refractivity (Wildman–Crippen MR) is 124 cm³/mol. The molecule has 33 heavy (non-hydrogen) atoms. The first-order chi connectivity index (χ1) is 15.9. The van der Waals surface area contributed by atoms with Gasteiger partial charge in [0.25, 0.3) is 11.8 Å². The van der Waals surface area contributed by atoms with E-state index in [1.54, 1.807) is 65.2 Å². The first-order valence-electron chi connectivity index (χ1n) is 10.3. The van der Waals surface area contributed by atoms with Gasteiger partial charge in [0.2, 0.25) is 0 Å². The van der Waals surface area contributed by atoms with Crippen LogP contribution in [-0.2, 0) is 13.8 Å². The molecule has 0 aliphatic rings. The number of ether oxygens (including phenoxy) is 1. The summed E-state index contributed by atoms with van der Waals surface area (Å²) in [4.78, 5) is 24.7. The molecule has 0 saturated carbocycles. The number of nitrogens with zero attached hydrogens (tertiary/aromatic N) is 4. The topological polar surface area (TPSA) is 103 Å². The van der Waals surface area contributed by atoms with Crippen molar-refractivity contribution in [2.75, 3.05) is 10.6 Å². The number of carbonyl (C=O) groups is 2. The van der Waals surface area contributed by atoms with Gasteiger partial charge in [-0.3, -0.25) is 14.3 Å². The minimum atomic E-state index is -0.342. The molecule has 9 nitrogen and oxygen atoms in total. The lowest BCUT2D eigenvalue weighted by Gasteiger charge is -2.09. The molecular weight excluding hydrogens is 420 g/mol. The fraction of sp³-hybridized carbons (Fsp3) is 0.167. The molecule has 2 heterocycles. The number of hydrogen-bond donors (Lipinski definition) is 2. The molecule has 2 amide bonds. The molecule has 2 N–H and O–H groups in total. The Balaban J connectivity index is 1.32. The maximum atomic E-state index is 12.5. The number of carbonyl (C=O) groups excluding carboxylic acids is 2. The molecule has 2 aromatic heterocycles. The van der Waals surface area contributed by atoms with Gasteiger partial charge in [-0.25, -0.2) is 4.68 Å². The van der Waals surface area contributed by atoms with Gasteiger partial charge in [-0.15, -0.1) is 0 Å². The van der Waals surface area contributed by atoms with E-state index in [2.05, 4.69) is 20.8 Å².